The highest BCUT2D eigenvalue weighted by Crippen LogP contribution is 2.29. The number of aromatic nitrogens is 3. The number of thiazole rings is 1. The average molecular weight is 342 g/mol. The lowest BCUT2D eigenvalue weighted by atomic mass is 9.97. The fraction of sp³-hybridized carbons (Fsp3) is 0.353. The van der Waals surface area contributed by atoms with E-state index in [0.29, 0.717) is 17.0 Å². The summed E-state index contributed by atoms with van der Waals surface area (Å²) in [4.78, 5) is 33.5. The van der Waals surface area contributed by atoms with Crippen LogP contribution in [0.25, 0.3) is 11.0 Å². The molecule has 6 nitrogen and oxygen atoms in total. The van der Waals surface area contributed by atoms with Crippen LogP contribution in [0.15, 0.2) is 34.6 Å². The van der Waals surface area contributed by atoms with Crippen LogP contribution < -0.4 is 5.69 Å². The van der Waals surface area contributed by atoms with Crippen LogP contribution in [0.1, 0.15) is 34.1 Å². The van der Waals surface area contributed by atoms with Gasteiger partial charge in [-0.3, -0.25) is 9.36 Å². The highest BCUT2D eigenvalue weighted by atomic mass is 32.1. The van der Waals surface area contributed by atoms with E-state index in [1.54, 1.807) is 35.1 Å². The van der Waals surface area contributed by atoms with Gasteiger partial charge >= 0.3 is 5.69 Å². The number of hydrogen-bond acceptors (Lipinski definition) is 4. The van der Waals surface area contributed by atoms with Crippen LogP contribution in [0, 0.1) is 0 Å². The topological polar surface area (TPSA) is 71.0 Å². The van der Waals surface area contributed by atoms with Gasteiger partial charge in [0.05, 0.1) is 16.0 Å². The normalized spacial score (nSPS) is 16.0. The van der Waals surface area contributed by atoms with Crippen LogP contribution in [0.4, 0.5) is 0 Å². The molecule has 1 aromatic carbocycles. The molecule has 0 unspecified atom stereocenters. The van der Waals surface area contributed by atoms with Crippen molar-refractivity contribution in [3.8, 4) is 0 Å². The summed E-state index contributed by atoms with van der Waals surface area (Å²) >= 11 is 1.69. The van der Waals surface area contributed by atoms with Gasteiger partial charge < -0.3 is 9.88 Å². The molecule has 3 aromatic rings. The largest absolute Gasteiger partial charge is 0.339 e. The van der Waals surface area contributed by atoms with Crippen LogP contribution in [-0.4, -0.2) is 38.4 Å². The fourth-order valence-corrected chi connectivity index (χ4v) is 4.13. The predicted octanol–water partition coefficient (Wildman–Crippen LogP) is 2.34. The Morgan fingerprint density at radius 3 is 2.83 bits per heavy atom. The molecule has 1 N–H and O–H groups in total. The van der Waals surface area contributed by atoms with Crippen molar-refractivity contribution in [2.45, 2.75) is 18.8 Å². The van der Waals surface area contributed by atoms with Crippen LogP contribution in [0.2, 0.25) is 0 Å². The molecule has 1 saturated heterocycles. The molecule has 4 rings (SSSR count). The number of fused-ring (bicyclic) bond motifs is 1. The Hall–Kier alpha value is -2.41. The van der Waals surface area contributed by atoms with Crippen molar-refractivity contribution in [2.24, 2.45) is 7.05 Å². The maximum atomic E-state index is 12.7. The summed E-state index contributed by atoms with van der Waals surface area (Å²) in [6.07, 6.45) is 3.74. The third-order valence-corrected chi connectivity index (χ3v) is 5.67. The molecule has 1 aliphatic rings. The molecule has 0 spiro atoms. The second-order valence-corrected chi connectivity index (χ2v) is 7.08. The minimum absolute atomic E-state index is 0.0270. The van der Waals surface area contributed by atoms with Gasteiger partial charge in [-0.25, -0.2) is 9.78 Å². The second-order valence-electron chi connectivity index (χ2n) is 6.16. The standard InChI is InChI=1S/C17H18N4O2S/c1-20-14-3-2-12(10-13(14)19-17(20)23)16(22)21-7-4-11(5-8-21)15-18-6-9-24-15/h2-3,6,9-11H,4-5,7-8H2,1H3,(H,19,23). The van der Waals surface area contributed by atoms with Gasteiger partial charge in [-0.1, -0.05) is 0 Å². The molecule has 2 aromatic heterocycles. The van der Waals surface area contributed by atoms with Crippen molar-refractivity contribution in [2.75, 3.05) is 13.1 Å². The first-order valence-corrected chi connectivity index (χ1v) is 8.89. The second kappa shape index (κ2) is 5.90. The summed E-state index contributed by atoms with van der Waals surface area (Å²) in [7, 11) is 1.71. The fourth-order valence-electron chi connectivity index (χ4n) is 3.32. The van der Waals surface area contributed by atoms with Crippen molar-refractivity contribution >= 4 is 28.3 Å². The molecule has 124 valence electrons. The molecule has 24 heavy (non-hydrogen) atoms. The number of carbonyl (C=O) groups is 1. The molecular formula is C17H18N4O2S. The Bertz CT molecular complexity index is 933. The van der Waals surface area contributed by atoms with E-state index in [1.165, 1.54) is 5.01 Å². The summed E-state index contributed by atoms with van der Waals surface area (Å²) in [6.45, 7) is 1.48. The summed E-state index contributed by atoms with van der Waals surface area (Å²) in [5.41, 5.74) is 1.96. The Morgan fingerprint density at radius 1 is 1.33 bits per heavy atom. The first-order valence-electron chi connectivity index (χ1n) is 8.01. The number of benzene rings is 1. The molecule has 0 atom stereocenters. The van der Waals surface area contributed by atoms with Gasteiger partial charge in [0.25, 0.3) is 5.91 Å². The molecule has 7 heteroatoms. The van der Waals surface area contributed by atoms with E-state index in [9.17, 15) is 9.59 Å². The van der Waals surface area contributed by atoms with E-state index < -0.39 is 0 Å². The molecule has 0 saturated carbocycles. The number of piperidine rings is 1. The molecule has 1 aliphatic heterocycles. The van der Waals surface area contributed by atoms with Crippen LogP contribution in [0.3, 0.4) is 0 Å². The number of amides is 1. The summed E-state index contributed by atoms with van der Waals surface area (Å²) in [6, 6.07) is 5.39. The highest BCUT2D eigenvalue weighted by molar-refractivity contribution is 7.09. The Morgan fingerprint density at radius 2 is 2.12 bits per heavy atom. The van der Waals surface area contributed by atoms with Crippen LogP contribution in [0.5, 0.6) is 0 Å². The minimum Gasteiger partial charge on any atom is -0.339 e. The summed E-state index contributed by atoms with van der Waals surface area (Å²) < 4.78 is 1.54. The number of aromatic amines is 1. The van der Waals surface area contributed by atoms with Gasteiger partial charge in [0.1, 0.15) is 0 Å². The number of nitrogens with zero attached hydrogens (tertiary/aromatic N) is 3. The molecule has 1 amide bonds. The molecule has 0 aliphatic carbocycles. The lowest BCUT2D eigenvalue weighted by molar-refractivity contribution is 0.0713. The van der Waals surface area contributed by atoms with Crippen molar-refractivity contribution in [3.05, 3.63) is 50.8 Å². The van der Waals surface area contributed by atoms with Crippen molar-refractivity contribution in [1.29, 1.82) is 0 Å². The quantitative estimate of drug-likeness (QED) is 0.777. The lowest BCUT2D eigenvalue weighted by Crippen LogP contribution is -2.37. The zero-order valence-electron chi connectivity index (χ0n) is 13.4. The molecule has 3 heterocycles. The maximum absolute atomic E-state index is 12.7. The van der Waals surface area contributed by atoms with Gasteiger partial charge in [-0.15, -0.1) is 11.3 Å². The Balaban J connectivity index is 1.51. The predicted molar refractivity (Wildman–Crippen MR) is 93.5 cm³/mol. The first kappa shape index (κ1) is 15.1. The number of carbonyl (C=O) groups excluding carboxylic acids is 1. The number of likely N-dealkylation sites (tertiary alicyclic amines) is 1. The number of aryl methyl sites for hydroxylation is 1. The van der Waals surface area contributed by atoms with E-state index in [1.807, 2.05) is 22.5 Å². The van der Waals surface area contributed by atoms with Gasteiger partial charge in [0.2, 0.25) is 0 Å². The number of nitrogens with one attached hydrogen (secondary N) is 1. The third kappa shape index (κ3) is 2.54. The number of H-pyrrole nitrogens is 1. The van der Waals surface area contributed by atoms with Gasteiger partial charge in [-0.05, 0) is 31.0 Å². The number of rotatable bonds is 2. The van der Waals surface area contributed by atoms with E-state index >= 15 is 0 Å². The minimum atomic E-state index is -0.168. The van der Waals surface area contributed by atoms with Gasteiger partial charge in [0.15, 0.2) is 0 Å². The third-order valence-electron chi connectivity index (χ3n) is 4.73. The molecular weight excluding hydrogens is 324 g/mol. The molecule has 0 radical (unpaired) electrons. The van der Waals surface area contributed by atoms with Crippen molar-refractivity contribution in [1.82, 2.24) is 19.4 Å². The number of imidazole rings is 1. The van der Waals surface area contributed by atoms with Gasteiger partial charge in [0, 0.05) is 43.2 Å². The van der Waals surface area contributed by atoms with Gasteiger partial charge in [-0.2, -0.15) is 0 Å². The van der Waals surface area contributed by atoms with Crippen LogP contribution >= 0.6 is 11.3 Å². The smallest absolute Gasteiger partial charge is 0.326 e. The summed E-state index contributed by atoms with van der Waals surface area (Å²) in [5, 5.41) is 3.17. The monoisotopic (exact) mass is 342 g/mol. The Kier molecular flexibility index (Phi) is 3.72. The first-order chi connectivity index (χ1) is 11.6. The maximum Gasteiger partial charge on any atom is 0.326 e. The van der Waals surface area contributed by atoms with Crippen molar-refractivity contribution in [3.63, 3.8) is 0 Å². The SMILES string of the molecule is Cn1c(=O)[nH]c2cc(C(=O)N3CCC(c4nccs4)CC3)ccc21. The van der Waals surface area contributed by atoms with E-state index in [-0.39, 0.29) is 11.6 Å². The highest BCUT2D eigenvalue weighted by Gasteiger charge is 2.26. The molecule has 1 fully saturated rings. The van der Waals surface area contributed by atoms with E-state index in [0.717, 1.165) is 31.4 Å². The zero-order chi connectivity index (χ0) is 16.7. The van der Waals surface area contributed by atoms with E-state index in [4.69, 9.17) is 0 Å². The number of hydrogen-bond donors (Lipinski definition) is 1. The van der Waals surface area contributed by atoms with Crippen molar-refractivity contribution < 1.29 is 4.79 Å². The van der Waals surface area contributed by atoms with Crippen LogP contribution in [-0.2, 0) is 7.05 Å². The van der Waals surface area contributed by atoms with E-state index in [2.05, 4.69) is 9.97 Å². The Labute approximate surface area is 142 Å². The lowest BCUT2D eigenvalue weighted by Gasteiger charge is -2.31. The average Bonchev–Trinajstić information content (AvgIpc) is 3.23. The summed E-state index contributed by atoms with van der Waals surface area (Å²) in [5.74, 6) is 0.487. The molecule has 0 bridgehead atoms. The zero-order valence-corrected chi connectivity index (χ0v) is 14.2.